The Kier molecular flexibility index (Phi) is 8.38. The van der Waals surface area contributed by atoms with Crippen molar-refractivity contribution in [3.63, 3.8) is 0 Å². The first-order valence-corrected chi connectivity index (χ1v) is 6.33. The second kappa shape index (κ2) is 7.82. The molecule has 0 spiro atoms. The molecule has 0 aromatic heterocycles. The summed E-state index contributed by atoms with van der Waals surface area (Å²) in [5, 5.41) is 0. The molecule has 0 saturated heterocycles. The number of halogens is 2. The summed E-state index contributed by atoms with van der Waals surface area (Å²) in [6, 6.07) is 0. The van der Waals surface area contributed by atoms with Crippen molar-refractivity contribution >= 4 is 32.5 Å². The molecule has 0 aliphatic rings. The summed E-state index contributed by atoms with van der Waals surface area (Å²) in [4.78, 5) is 0. The van der Waals surface area contributed by atoms with Crippen LogP contribution in [0.4, 0.5) is 0 Å². The van der Waals surface area contributed by atoms with Crippen LogP contribution in [0.25, 0.3) is 0 Å². The van der Waals surface area contributed by atoms with Crippen molar-refractivity contribution in [3.8, 4) is 0 Å². The molecule has 0 saturated carbocycles. The van der Waals surface area contributed by atoms with Crippen molar-refractivity contribution in [2.75, 3.05) is 25.0 Å². The Hall–Kier alpha value is 0.717. The Morgan fingerprint density at radius 1 is 1.10 bits per heavy atom. The summed E-state index contributed by atoms with van der Waals surface area (Å²) in [6.45, 7) is 3.12. The number of hydrogen-bond donors (Lipinski definition) is 0. The van der Waals surface area contributed by atoms with Gasteiger partial charge in [0.1, 0.15) is 0 Å². The Morgan fingerprint density at radius 2 is 1.50 bits per heavy atom. The highest BCUT2D eigenvalue weighted by Gasteiger charge is 2.02. The molecule has 10 heavy (non-hydrogen) atoms. The lowest BCUT2D eigenvalue weighted by atomic mass is 10.9. The van der Waals surface area contributed by atoms with Crippen LogP contribution >= 0.6 is 23.2 Å². The molecule has 0 atom stereocenters. The van der Waals surface area contributed by atoms with Crippen LogP contribution in [0.5, 0.6) is 0 Å². The molecule has 0 aromatic carbocycles. The fraction of sp³-hybridized carbons (Fsp3) is 1.00. The van der Waals surface area contributed by atoms with Gasteiger partial charge < -0.3 is 8.85 Å². The van der Waals surface area contributed by atoms with E-state index < -0.39 is 9.28 Å². The van der Waals surface area contributed by atoms with Crippen LogP contribution < -0.4 is 0 Å². The van der Waals surface area contributed by atoms with E-state index >= 15 is 0 Å². The van der Waals surface area contributed by atoms with Crippen molar-refractivity contribution in [2.24, 2.45) is 0 Å². The molecule has 0 radical (unpaired) electrons. The fourth-order valence-electron chi connectivity index (χ4n) is 0.469. The zero-order valence-corrected chi connectivity index (χ0v) is 8.64. The van der Waals surface area contributed by atoms with Gasteiger partial charge in [0.25, 0.3) is 0 Å². The first-order valence-electron chi connectivity index (χ1n) is 3.16. The van der Waals surface area contributed by atoms with E-state index in [0.717, 1.165) is 0 Å². The maximum Gasteiger partial charge on any atom is 0.318 e. The van der Waals surface area contributed by atoms with Gasteiger partial charge in [-0.1, -0.05) is 0 Å². The maximum atomic E-state index is 5.40. The van der Waals surface area contributed by atoms with E-state index in [1.54, 1.807) is 0 Å². The standard InChI is InChI=1S/C5H12Cl2O2Si/c1-10(8-4-2-6)9-5-3-7/h10H,2-5H2,1H3. The normalized spacial score (nSPS) is 10.8. The second-order valence-electron chi connectivity index (χ2n) is 1.69. The van der Waals surface area contributed by atoms with E-state index in [2.05, 4.69) is 0 Å². The molecule has 0 fully saturated rings. The van der Waals surface area contributed by atoms with Crippen LogP contribution in [0.3, 0.4) is 0 Å². The van der Waals surface area contributed by atoms with Crippen LogP contribution in [-0.4, -0.2) is 34.3 Å². The SMILES string of the molecule is C[SiH](OCCCl)OCCCl. The van der Waals surface area contributed by atoms with Gasteiger partial charge in [0.2, 0.25) is 0 Å². The predicted molar refractivity (Wildman–Crippen MR) is 46.4 cm³/mol. The molecule has 0 amide bonds. The molecule has 0 rings (SSSR count). The average molecular weight is 203 g/mol. The van der Waals surface area contributed by atoms with Gasteiger partial charge in [0, 0.05) is 25.0 Å². The zero-order valence-electron chi connectivity index (χ0n) is 5.98. The minimum absolute atomic E-state index is 0.529. The minimum atomic E-state index is -1.41. The van der Waals surface area contributed by atoms with E-state index in [-0.39, 0.29) is 0 Å². The highest BCUT2D eigenvalue weighted by atomic mass is 35.5. The smallest absolute Gasteiger partial charge is 0.318 e. The molecular weight excluding hydrogens is 191 g/mol. The second-order valence-corrected chi connectivity index (χ2v) is 4.25. The Morgan fingerprint density at radius 3 is 1.80 bits per heavy atom. The zero-order chi connectivity index (χ0) is 7.82. The average Bonchev–Trinajstić information content (AvgIpc) is 1.97. The summed E-state index contributed by atoms with van der Waals surface area (Å²) in [7, 11) is -1.41. The van der Waals surface area contributed by atoms with Crippen LogP contribution in [0, 0.1) is 0 Å². The molecule has 0 N–H and O–H groups in total. The quantitative estimate of drug-likeness (QED) is 0.479. The van der Waals surface area contributed by atoms with Gasteiger partial charge in [-0.2, -0.15) is 0 Å². The highest BCUT2D eigenvalue weighted by Crippen LogP contribution is 1.90. The van der Waals surface area contributed by atoms with E-state index in [1.165, 1.54) is 0 Å². The van der Waals surface area contributed by atoms with Crippen molar-refractivity contribution in [1.82, 2.24) is 0 Å². The number of hydrogen-bond acceptors (Lipinski definition) is 2. The largest absolute Gasteiger partial charge is 0.395 e. The van der Waals surface area contributed by atoms with Gasteiger partial charge in [-0.15, -0.1) is 23.2 Å². The van der Waals surface area contributed by atoms with Crippen LogP contribution in [0.15, 0.2) is 0 Å². The Bertz CT molecular complexity index is 66.7. The summed E-state index contributed by atoms with van der Waals surface area (Å²) in [5.41, 5.74) is 0. The molecule has 0 bridgehead atoms. The molecule has 0 heterocycles. The number of rotatable bonds is 6. The highest BCUT2D eigenvalue weighted by molar-refractivity contribution is 6.42. The van der Waals surface area contributed by atoms with Gasteiger partial charge >= 0.3 is 9.28 Å². The van der Waals surface area contributed by atoms with Gasteiger partial charge in [-0.3, -0.25) is 0 Å². The first-order chi connectivity index (χ1) is 4.81. The third-order valence-electron chi connectivity index (χ3n) is 0.859. The van der Waals surface area contributed by atoms with Gasteiger partial charge in [-0.25, -0.2) is 0 Å². The predicted octanol–water partition coefficient (Wildman–Crippen LogP) is 1.35. The number of alkyl halides is 2. The lowest BCUT2D eigenvalue weighted by molar-refractivity contribution is 0.222. The van der Waals surface area contributed by atoms with Gasteiger partial charge in [-0.05, 0) is 6.55 Å². The van der Waals surface area contributed by atoms with Crippen molar-refractivity contribution in [3.05, 3.63) is 0 Å². The maximum absolute atomic E-state index is 5.40. The summed E-state index contributed by atoms with van der Waals surface area (Å²) in [5.74, 6) is 1.06. The molecule has 0 aromatic rings. The molecule has 0 aliphatic carbocycles. The lowest BCUT2D eigenvalue weighted by Crippen LogP contribution is -2.20. The third kappa shape index (κ3) is 6.83. The van der Waals surface area contributed by atoms with Crippen LogP contribution in [-0.2, 0) is 8.85 Å². The molecule has 0 unspecified atom stereocenters. The van der Waals surface area contributed by atoms with E-state index in [0.29, 0.717) is 25.0 Å². The summed E-state index contributed by atoms with van der Waals surface area (Å²) in [6.07, 6.45) is 0. The van der Waals surface area contributed by atoms with E-state index in [4.69, 9.17) is 32.1 Å². The third-order valence-corrected chi connectivity index (χ3v) is 2.58. The minimum Gasteiger partial charge on any atom is -0.395 e. The van der Waals surface area contributed by atoms with E-state index in [1.807, 2.05) is 6.55 Å². The molecule has 5 heteroatoms. The van der Waals surface area contributed by atoms with Crippen molar-refractivity contribution < 1.29 is 8.85 Å². The van der Waals surface area contributed by atoms with Gasteiger partial charge in [0.05, 0.1) is 0 Å². The monoisotopic (exact) mass is 202 g/mol. The first kappa shape index (κ1) is 10.7. The molecular formula is C5H12Cl2O2Si. The molecule has 62 valence electrons. The topological polar surface area (TPSA) is 18.5 Å². The lowest BCUT2D eigenvalue weighted by Gasteiger charge is -2.09. The molecule has 2 nitrogen and oxygen atoms in total. The summed E-state index contributed by atoms with van der Waals surface area (Å²) >= 11 is 10.8. The van der Waals surface area contributed by atoms with Crippen molar-refractivity contribution in [1.29, 1.82) is 0 Å². The van der Waals surface area contributed by atoms with Gasteiger partial charge in [0.15, 0.2) is 0 Å². The molecule has 0 aliphatic heterocycles. The van der Waals surface area contributed by atoms with Crippen LogP contribution in [0.1, 0.15) is 0 Å². The Balaban J connectivity index is 3.00. The van der Waals surface area contributed by atoms with Crippen LogP contribution in [0.2, 0.25) is 6.55 Å². The Labute approximate surface area is 73.3 Å². The van der Waals surface area contributed by atoms with E-state index in [9.17, 15) is 0 Å². The fourth-order valence-corrected chi connectivity index (χ4v) is 1.94. The van der Waals surface area contributed by atoms with Crippen molar-refractivity contribution in [2.45, 2.75) is 6.55 Å². The summed E-state index contributed by atoms with van der Waals surface area (Å²) < 4.78 is 10.4.